The quantitative estimate of drug-likeness (QED) is 0.523. The first-order chi connectivity index (χ1) is 13.8. The van der Waals surface area contributed by atoms with Crippen molar-refractivity contribution in [1.29, 1.82) is 0 Å². The Morgan fingerprint density at radius 1 is 0.964 bits per heavy atom. The summed E-state index contributed by atoms with van der Waals surface area (Å²) >= 11 is 3.57. The second kappa shape index (κ2) is 7.64. The smallest absolute Gasteiger partial charge is 0.224 e. The van der Waals surface area contributed by atoms with Crippen LogP contribution >= 0.6 is 23.1 Å². The molecule has 0 aliphatic carbocycles. The Balaban J connectivity index is 1.36. The molecule has 0 saturated carbocycles. The second-order valence-electron chi connectivity index (χ2n) is 7.20. The van der Waals surface area contributed by atoms with Gasteiger partial charge in [0.1, 0.15) is 0 Å². The lowest BCUT2D eigenvalue weighted by Crippen LogP contribution is -2.33. The summed E-state index contributed by atoms with van der Waals surface area (Å²) in [7, 11) is 0. The molecule has 2 aromatic carbocycles. The van der Waals surface area contributed by atoms with Gasteiger partial charge in [0.25, 0.3) is 0 Å². The summed E-state index contributed by atoms with van der Waals surface area (Å²) in [5.41, 5.74) is 2.41. The van der Waals surface area contributed by atoms with Crippen molar-refractivity contribution in [3.8, 4) is 0 Å². The van der Waals surface area contributed by atoms with Gasteiger partial charge >= 0.3 is 0 Å². The number of rotatable bonds is 4. The molecule has 1 amide bonds. The van der Waals surface area contributed by atoms with E-state index in [1.165, 1.54) is 26.0 Å². The number of nitrogens with zero attached hydrogens (tertiary/aromatic N) is 2. The van der Waals surface area contributed by atoms with E-state index in [2.05, 4.69) is 75.8 Å². The minimum Gasteiger partial charge on any atom is -0.339 e. The lowest BCUT2D eigenvalue weighted by molar-refractivity contribution is -0.131. The maximum absolute atomic E-state index is 13.1. The Morgan fingerprint density at radius 3 is 2.36 bits per heavy atom. The van der Waals surface area contributed by atoms with E-state index < -0.39 is 0 Å². The van der Waals surface area contributed by atoms with Crippen LogP contribution in [0.4, 0.5) is 11.4 Å². The SMILES string of the molecule is O=C(CCN1c2ccccc2Sc2ccccc21)N1CCCC1c1cccs1. The Labute approximate surface area is 174 Å². The predicted molar refractivity (Wildman–Crippen MR) is 117 cm³/mol. The highest BCUT2D eigenvalue weighted by molar-refractivity contribution is 7.99. The van der Waals surface area contributed by atoms with E-state index in [1.54, 1.807) is 11.3 Å². The van der Waals surface area contributed by atoms with Crippen LogP contribution < -0.4 is 4.90 Å². The summed E-state index contributed by atoms with van der Waals surface area (Å²) in [6, 6.07) is 21.5. The van der Waals surface area contributed by atoms with Gasteiger partial charge in [0.2, 0.25) is 5.91 Å². The van der Waals surface area contributed by atoms with Crippen molar-refractivity contribution < 1.29 is 4.79 Å². The van der Waals surface area contributed by atoms with Crippen molar-refractivity contribution in [2.45, 2.75) is 35.1 Å². The summed E-state index contributed by atoms with van der Waals surface area (Å²) in [5, 5.41) is 2.11. The highest BCUT2D eigenvalue weighted by atomic mass is 32.2. The fourth-order valence-corrected chi connectivity index (χ4v) is 6.18. The summed E-state index contributed by atoms with van der Waals surface area (Å²) < 4.78 is 0. The number of carbonyl (C=O) groups is 1. The van der Waals surface area contributed by atoms with Crippen LogP contribution in [0.25, 0.3) is 0 Å². The maximum Gasteiger partial charge on any atom is 0.224 e. The van der Waals surface area contributed by atoms with Crippen LogP contribution in [0.2, 0.25) is 0 Å². The van der Waals surface area contributed by atoms with Gasteiger partial charge in [0, 0.05) is 34.2 Å². The molecule has 0 spiro atoms. The molecule has 1 fully saturated rings. The molecule has 1 saturated heterocycles. The number of benzene rings is 2. The molecule has 0 radical (unpaired) electrons. The van der Waals surface area contributed by atoms with E-state index in [1.807, 2.05) is 11.8 Å². The maximum atomic E-state index is 13.1. The summed E-state index contributed by atoms with van der Waals surface area (Å²) in [6.45, 7) is 1.59. The van der Waals surface area contributed by atoms with Crippen molar-refractivity contribution in [1.82, 2.24) is 4.90 Å². The van der Waals surface area contributed by atoms with E-state index in [4.69, 9.17) is 0 Å². The number of fused-ring (bicyclic) bond motifs is 2. The number of hydrogen-bond donors (Lipinski definition) is 0. The van der Waals surface area contributed by atoms with Gasteiger partial charge in [-0.15, -0.1) is 11.3 Å². The zero-order valence-electron chi connectivity index (χ0n) is 15.6. The molecule has 3 nitrogen and oxygen atoms in total. The second-order valence-corrected chi connectivity index (χ2v) is 9.26. The average molecular weight is 407 g/mol. The fourth-order valence-electron chi connectivity index (χ4n) is 4.21. The highest BCUT2D eigenvalue weighted by Gasteiger charge is 2.31. The van der Waals surface area contributed by atoms with Gasteiger partial charge in [-0.2, -0.15) is 0 Å². The third kappa shape index (κ3) is 3.23. The fraction of sp³-hybridized carbons (Fsp3) is 0.261. The van der Waals surface area contributed by atoms with Crippen LogP contribution in [-0.2, 0) is 4.79 Å². The first-order valence-electron chi connectivity index (χ1n) is 9.77. The van der Waals surface area contributed by atoms with Gasteiger partial charge < -0.3 is 9.80 Å². The van der Waals surface area contributed by atoms with E-state index in [-0.39, 0.29) is 11.9 Å². The van der Waals surface area contributed by atoms with Crippen LogP contribution in [0.1, 0.15) is 30.2 Å². The van der Waals surface area contributed by atoms with Crippen molar-refractivity contribution in [3.63, 3.8) is 0 Å². The Hall–Kier alpha value is -2.24. The summed E-state index contributed by atoms with van der Waals surface area (Å²) in [5.74, 6) is 0.268. The third-order valence-corrected chi connectivity index (χ3v) is 7.63. The van der Waals surface area contributed by atoms with Gasteiger partial charge in [-0.3, -0.25) is 4.79 Å². The minimum absolute atomic E-state index is 0.268. The monoisotopic (exact) mass is 406 g/mol. The van der Waals surface area contributed by atoms with Crippen molar-refractivity contribution in [2.75, 3.05) is 18.0 Å². The molecule has 2 aliphatic heterocycles. The summed E-state index contributed by atoms with van der Waals surface area (Å²) in [6.07, 6.45) is 2.72. The van der Waals surface area contributed by atoms with Crippen LogP contribution in [0.3, 0.4) is 0 Å². The van der Waals surface area contributed by atoms with E-state index in [0.717, 1.165) is 19.4 Å². The predicted octanol–water partition coefficient (Wildman–Crippen LogP) is 6.10. The van der Waals surface area contributed by atoms with Crippen LogP contribution in [0.15, 0.2) is 75.8 Å². The molecule has 0 bridgehead atoms. The minimum atomic E-state index is 0.268. The van der Waals surface area contributed by atoms with Crippen LogP contribution in [0.5, 0.6) is 0 Å². The molecule has 5 heteroatoms. The summed E-state index contributed by atoms with van der Waals surface area (Å²) in [4.78, 5) is 21.4. The Morgan fingerprint density at radius 2 is 1.68 bits per heavy atom. The number of para-hydroxylation sites is 2. The Bertz CT molecular complexity index is 940. The van der Waals surface area contributed by atoms with Crippen molar-refractivity contribution in [2.24, 2.45) is 0 Å². The lowest BCUT2D eigenvalue weighted by Gasteiger charge is -2.33. The molecule has 1 aromatic heterocycles. The van der Waals surface area contributed by atoms with Crippen LogP contribution in [-0.4, -0.2) is 23.9 Å². The molecule has 0 N–H and O–H groups in total. The molecule has 5 rings (SSSR count). The number of anilines is 2. The molecule has 142 valence electrons. The van der Waals surface area contributed by atoms with E-state index in [0.29, 0.717) is 13.0 Å². The largest absolute Gasteiger partial charge is 0.339 e. The number of carbonyl (C=O) groups excluding carboxylic acids is 1. The first-order valence-corrected chi connectivity index (χ1v) is 11.5. The molecule has 28 heavy (non-hydrogen) atoms. The zero-order valence-corrected chi connectivity index (χ0v) is 17.2. The molecular weight excluding hydrogens is 384 g/mol. The van der Waals surface area contributed by atoms with Gasteiger partial charge in [-0.05, 0) is 48.6 Å². The molecular formula is C23H22N2OS2. The number of hydrogen-bond acceptors (Lipinski definition) is 4. The molecule has 3 heterocycles. The van der Waals surface area contributed by atoms with Crippen molar-refractivity contribution in [3.05, 3.63) is 70.9 Å². The topological polar surface area (TPSA) is 23.6 Å². The van der Waals surface area contributed by atoms with E-state index in [9.17, 15) is 4.79 Å². The number of likely N-dealkylation sites (tertiary alicyclic amines) is 1. The average Bonchev–Trinajstić information content (AvgIpc) is 3.42. The highest BCUT2D eigenvalue weighted by Crippen LogP contribution is 2.47. The Kier molecular flexibility index (Phi) is 4.87. The van der Waals surface area contributed by atoms with Gasteiger partial charge in [0.15, 0.2) is 0 Å². The zero-order chi connectivity index (χ0) is 18.9. The number of thiophene rings is 1. The first kappa shape index (κ1) is 17.8. The molecule has 2 aliphatic rings. The molecule has 1 atom stereocenters. The van der Waals surface area contributed by atoms with Crippen LogP contribution in [0, 0.1) is 0 Å². The van der Waals surface area contributed by atoms with E-state index >= 15 is 0 Å². The standard InChI is InChI=1S/C23H22N2OS2/c26-23(25-14-5-9-17(25)20-12-6-16-27-20)13-15-24-18-7-1-3-10-21(18)28-22-11-4-2-8-19(22)24/h1-4,6-8,10-12,16-17H,5,9,13-15H2. The lowest BCUT2D eigenvalue weighted by atomic mass is 10.1. The molecule has 3 aromatic rings. The van der Waals surface area contributed by atoms with Gasteiger partial charge in [-0.1, -0.05) is 42.1 Å². The van der Waals surface area contributed by atoms with Gasteiger partial charge in [0.05, 0.1) is 17.4 Å². The third-order valence-electron chi connectivity index (χ3n) is 5.53. The molecule has 1 unspecified atom stereocenters. The van der Waals surface area contributed by atoms with Gasteiger partial charge in [-0.25, -0.2) is 0 Å². The van der Waals surface area contributed by atoms with Crippen molar-refractivity contribution >= 4 is 40.4 Å². The normalized spacial score (nSPS) is 18.1. The number of amides is 1.